The van der Waals surface area contributed by atoms with Crippen LogP contribution in [0.3, 0.4) is 0 Å². The summed E-state index contributed by atoms with van der Waals surface area (Å²) in [6.45, 7) is 3.98. The Morgan fingerprint density at radius 1 is 1.18 bits per heavy atom. The van der Waals surface area contributed by atoms with E-state index in [0.29, 0.717) is 12.8 Å². The Balaban J connectivity index is 1.90. The van der Waals surface area contributed by atoms with Crippen LogP contribution in [0.5, 0.6) is 0 Å². The van der Waals surface area contributed by atoms with Gasteiger partial charge in [0, 0.05) is 18.4 Å². The molecule has 2 aromatic carbocycles. The molecule has 0 spiro atoms. The first kappa shape index (κ1) is 18.0. The summed E-state index contributed by atoms with van der Waals surface area (Å²) in [4.78, 5) is 24.9. The second-order valence-corrected chi connectivity index (χ2v) is 6.84. The molecule has 2 aliphatic rings. The third-order valence-corrected chi connectivity index (χ3v) is 5.04. The number of fused-ring (bicyclic) bond motifs is 1. The number of hydrogen-bond donors (Lipinski definition) is 1. The highest BCUT2D eigenvalue weighted by Crippen LogP contribution is 2.45. The van der Waals surface area contributed by atoms with E-state index < -0.39 is 11.6 Å². The number of carbonyl (C=O) groups is 2. The molecule has 1 saturated heterocycles. The third-order valence-electron chi connectivity index (χ3n) is 5.04. The van der Waals surface area contributed by atoms with Crippen LogP contribution in [0.25, 0.3) is 0 Å². The van der Waals surface area contributed by atoms with Crippen LogP contribution in [-0.2, 0) is 20.0 Å². The van der Waals surface area contributed by atoms with Gasteiger partial charge in [-0.2, -0.15) is 0 Å². The van der Waals surface area contributed by atoms with Gasteiger partial charge in [0.25, 0.3) is 5.84 Å². The molecule has 0 radical (unpaired) electrons. The smallest absolute Gasteiger partial charge is 0.377 e. The van der Waals surface area contributed by atoms with Crippen LogP contribution in [0.1, 0.15) is 30.9 Å². The molecule has 1 unspecified atom stereocenters. The summed E-state index contributed by atoms with van der Waals surface area (Å²) >= 11 is 0. The van der Waals surface area contributed by atoms with Gasteiger partial charge in [-0.1, -0.05) is 48.0 Å². The number of benzene rings is 2. The molecule has 7 heteroatoms. The lowest BCUT2D eigenvalue weighted by Crippen LogP contribution is -2.64. The number of anilines is 1. The average molecular weight is 378 g/mol. The highest BCUT2D eigenvalue weighted by atomic mass is 16.5. The van der Waals surface area contributed by atoms with Crippen LogP contribution in [-0.4, -0.2) is 29.3 Å². The van der Waals surface area contributed by atoms with Gasteiger partial charge in [0.05, 0.1) is 12.3 Å². The number of hydrazine groups is 1. The number of nitrogens with one attached hydrogen (secondary N) is 1. The maximum Gasteiger partial charge on any atom is 0.377 e. The van der Waals surface area contributed by atoms with Gasteiger partial charge in [-0.3, -0.25) is 10.2 Å². The molecule has 0 bridgehead atoms. The van der Waals surface area contributed by atoms with Gasteiger partial charge in [0.15, 0.2) is 5.66 Å². The van der Waals surface area contributed by atoms with Crippen molar-refractivity contribution < 1.29 is 14.3 Å². The van der Waals surface area contributed by atoms with E-state index in [2.05, 4.69) is 10.5 Å². The molecule has 4 rings (SSSR count). The van der Waals surface area contributed by atoms with Gasteiger partial charge in [0.1, 0.15) is 0 Å². The van der Waals surface area contributed by atoms with Crippen molar-refractivity contribution in [1.82, 2.24) is 10.4 Å². The molecule has 1 N–H and O–H groups in total. The Labute approximate surface area is 163 Å². The van der Waals surface area contributed by atoms with Gasteiger partial charge in [-0.25, -0.2) is 14.8 Å². The van der Waals surface area contributed by atoms with E-state index >= 15 is 0 Å². The predicted octanol–water partition coefficient (Wildman–Crippen LogP) is 2.67. The summed E-state index contributed by atoms with van der Waals surface area (Å²) in [7, 11) is 0. The Kier molecular flexibility index (Phi) is 4.50. The minimum absolute atomic E-state index is 0.0688. The van der Waals surface area contributed by atoms with Gasteiger partial charge < -0.3 is 4.74 Å². The molecule has 0 saturated carbocycles. The number of esters is 1. The number of nitrogens with zero attached hydrogens (tertiary/aromatic N) is 3. The molecule has 1 fully saturated rings. The minimum atomic E-state index is -0.841. The van der Waals surface area contributed by atoms with E-state index in [4.69, 9.17) is 4.74 Å². The molecule has 0 aromatic heterocycles. The van der Waals surface area contributed by atoms with Crippen LogP contribution in [0.2, 0.25) is 0 Å². The number of amides is 1. The van der Waals surface area contributed by atoms with Crippen LogP contribution >= 0.6 is 0 Å². The van der Waals surface area contributed by atoms with Crippen LogP contribution in [0.4, 0.5) is 5.69 Å². The van der Waals surface area contributed by atoms with E-state index in [1.807, 2.05) is 66.5 Å². The van der Waals surface area contributed by atoms with Crippen LogP contribution in [0, 0.1) is 6.92 Å². The third kappa shape index (κ3) is 2.79. The fourth-order valence-electron chi connectivity index (χ4n) is 3.71. The second-order valence-electron chi connectivity index (χ2n) is 6.84. The fourth-order valence-corrected chi connectivity index (χ4v) is 3.71. The molecular weight excluding hydrogens is 356 g/mol. The standard InChI is InChI=1S/C21H22N4O3/c1-3-28-20(27)19-23-24(17-11-9-15(2)10-12-17)21(16-7-5-4-6-8-16)14-13-18(26)22-25(19)21/h4-12H,3,13-14H2,1-2H3,(H,22,26). The summed E-state index contributed by atoms with van der Waals surface area (Å²) in [5.41, 5.74) is 4.88. The highest BCUT2D eigenvalue weighted by Gasteiger charge is 2.56. The van der Waals surface area contributed by atoms with E-state index in [1.54, 1.807) is 11.9 Å². The molecule has 1 atom stereocenters. The molecule has 7 nitrogen and oxygen atoms in total. The number of amidine groups is 1. The predicted molar refractivity (Wildman–Crippen MR) is 105 cm³/mol. The molecule has 1 amide bonds. The Morgan fingerprint density at radius 3 is 2.57 bits per heavy atom. The maximum atomic E-state index is 12.6. The lowest BCUT2D eigenvalue weighted by Gasteiger charge is -2.46. The van der Waals surface area contributed by atoms with Crippen molar-refractivity contribution in [2.75, 3.05) is 11.6 Å². The van der Waals surface area contributed by atoms with Crippen molar-refractivity contribution in [3.8, 4) is 0 Å². The normalized spacial score (nSPS) is 21.1. The van der Waals surface area contributed by atoms with Crippen LogP contribution < -0.4 is 10.4 Å². The van der Waals surface area contributed by atoms with Gasteiger partial charge >= 0.3 is 5.97 Å². The van der Waals surface area contributed by atoms with Crippen molar-refractivity contribution in [3.63, 3.8) is 0 Å². The molecule has 0 aliphatic carbocycles. The molecule has 2 aromatic rings. The lowest BCUT2D eigenvalue weighted by atomic mass is 9.90. The Hall–Kier alpha value is -3.35. The molecule has 2 heterocycles. The Bertz CT molecular complexity index is 926. The highest BCUT2D eigenvalue weighted by molar-refractivity contribution is 6.36. The first-order chi connectivity index (χ1) is 13.6. The zero-order valence-electron chi connectivity index (χ0n) is 15.9. The first-order valence-electron chi connectivity index (χ1n) is 9.34. The van der Waals surface area contributed by atoms with Crippen LogP contribution in [0.15, 0.2) is 59.7 Å². The number of carbonyl (C=O) groups excluding carboxylic acids is 2. The number of rotatable bonds is 4. The largest absolute Gasteiger partial charge is 0.460 e. The molecule has 2 aliphatic heterocycles. The fraction of sp³-hybridized carbons (Fsp3) is 0.286. The second kappa shape index (κ2) is 6.99. The minimum Gasteiger partial charge on any atom is -0.460 e. The van der Waals surface area contributed by atoms with Gasteiger partial charge in [0.2, 0.25) is 5.91 Å². The van der Waals surface area contributed by atoms with Crippen molar-refractivity contribution in [3.05, 3.63) is 65.7 Å². The summed E-state index contributed by atoms with van der Waals surface area (Å²) in [6, 6.07) is 17.7. The van der Waals surface area contributed by atoms with Crippen molar-refractivity contribution in [1.29, 1.82) is 0 Å². The van der Waals surface area contributed by atoms with E-state index in [0.717, 1.165) is 16.8 Å². The maximum absolute atomic E-state index is 12.6. The quantitative estimate of drug-likeness (QED) is 0.828. The van der Waals surface area contributed by atoms with Gasteiger partial charge in [-0.05, 0) is 26.0 Å². The number of hydrazone groups is 1. The van der Waals surface area contributed by atoms with Gasteiger partial charge in [-0.15, -0.1) is 5.10 Å². The van der Waals surface area contributed by atoms with Crippen molar-refractivity contribution in [2.24, 2.45) is 5.10 Å². The summed E-state index contributed by atoms with van der Waals surface area (Å²) in [5.74, 6) is -0.659. The zero-order chi connectivity index (χ0) is 19.7. The first-order valence-corrected chi connectivity index (χ1v) is 9.34. The summed E-state index contributed by atoms with van der Waals surface area (Å²) in [5, 5.41) is 8.00. The monoisotopic (exact) mass is 378 g/mol. The van der Waals surface area contributed by atoms with E-state index in [1.165, 1.54) is 0 Å². The Morgan fingerprint density at radius 2 is 1.89 bits per heavy atom. The number of ether oxygens (including phenoxy) is 1. The van der Waals surface area contributed by atoms with E-state index in [9.17, 15) is 9.59 Å². The average Bonchev–Trinajstić information content (AvgIpc) is 3.05. The summed E-state index contributed by atoms with van der Waals surface area (Å²) in [6.07, 6.45) is 0.794. The molecule has 28 heavy (non-hydrogen) atoms. The SMILES string of the molecule is CCOC(=O)C1=NN(c2ccc(C)cc2)C2(c3ccccc3)CCC(=O)NN12. The number of hydrogen-bond acceptors (Lipinski definition) is 6. The lowest BCUT2D eigenvalue weighted by molar-refractivity contribution is -0.138. The van der Waals surface area contributed by atoms with Crippen molar-refractivity contribution >= 4 is 23.4 Å². The van der Waals surface area contributed by atoms with Crippen molar-refractivity contribution in [2.45, 2.75) is 32.4 Å². The zero-order valence-corrected chi connectivity index (χ0v) is 15.9. The van der Waals surface area contributed by atoms with E-state index in [-0.39, 0.29) is 18.3 Å². The number of aryl methyl sites for hydroxylation is 1. The summed E-state index contributed by atoms with van der Waals surface area (Å²) < 4.78 is 5.20. The molecular formula is C21H22N4O3. The topological polar surface area (TPSA) is 74.2 Å². The molecule has 144 valence electrons.